The van der Waals surface area contributed by atoms with Crippen LogP contribution in [0.3, 0.4) is 0 Å². The maximum Gasteiger partial charge on any atom is 0.269 e. The summed E-state index contributed by atoms with van der Waals surface area (Å²) in [7, 11) is 0. The van der Waals surface area contributed by atoms with Crippen molar-refractivity contribution < 1.29 is 29.0 Å². The van der Waals surface area contributed by atoms with Gasteiger partial charge in [0.25, 0.3) is 11.4 Å². The average molecular weight is 654 g/mol. The molecule has 13 nitrogen and oxygen atoms in total. The molecule has 3 aliphatic carbocycles. The number of hydrogen-bond donors (Lipinski definition) is 0. The molecule has 1 spiro atoms. The molecule has 3 fully saturated rings. The summed E-state index contributed by atoms with van der Waals surface area (Å²) < 4.78 is 0. The molecule has 10 rings (SSSR count). The lowest BCUT2D eigenvalue weighted by molar-refractivity contribution is -0.385. The quantitative estimate of drug-likeness (QED) is 0.163. The smallest absolute Gasteiger partial charge is 0.269 e. The summed E-state index contributed by atoms with van der Waals surface area (Å²) >= 11 is 0. The molecule has 1 saturated carbocycles. The summed E-state index contributed by atoms with van der Waals surface area (Å²) in [6.45, 7) is 0. The molecule has 49 heavy (non-hydrogen) atoms. The van der Waals surface area contributed by atoms with Crippen LogP contribution in [0.15, 0.2) is 109 Å². The van der Waals surface area contributed by atoms with Crippen LogP contribution in [-0.4, -0.2) is 39.0 Å². The third kappa shape index (κ3) is 3.48. The zero-order chi connectivity index (χ0) is 33.9. The maximum absolute atomic E-state index is 14.9. The molecule has 6 aliphatic rings. The normalized spacial score (nSPS) is 27.6. The topological polar surface area (TPSA) is 164 Å². The third-order valence-electron chi connectivity index (χ3n) is 10.7. The van der Waals surface area contributed by atoms with Gasteiger partial charge in [0.05, 0.1) is 50.4 Å². The fourth-order valence-electron chi connectivity index (χ4n) is 9.05. The number of fused-ring (bicyclic) bond motifs is 1. The molecule has 2 unspecified atom stereocenters. The SMILES string of the molecule is O=C1[C@@H]2C3C=C4c5ccccc5N(c5ccccc5)C4([C@H]2C(=O)N1c1ccc([N+](=O)[O-])cc1)[C@H]1C(=O)N(c2ccc([N+](=O)[O-])cc2)C(=O)[C@@H]31. The highest BCUT2D eigenvalue weighted by Crippen LogP contribution is 2.71. The predicted octanol–water partition coefficient (Wildman–Crippen LogP) is 5.03. The summed E-state index contributed by atoms with van der Waals surface area (Å²) in [5, 5.41) is 22.7. The van der Waals surface area contributed by atoms with Gasteiger partial charge in [0.15, 0.2) is 0 Å². The van der Waals surface area contributed by atoms with Crippen molar-refractivity contribution in [3.8, 4) is 0 Å². The first-order valence-electron chi connectivity index (χ1n) is 15.6. The first kappa shape index (κ1) is 28.7. The van der Waals surface area contributed by atoms with Crippen molar-refractivity contribution in [3.63, 3.8) is 0 Å². The number of rotatable bonds is 5. The van der Waals surface area contributed by atoms with Gasteiger partial charge in [-0.1, -0.05) is 42.5 Å². The molecule has 2 saturated heterocycles. The van der Waals surface area contributed by atoms with E-state index in [2.05, 4.69) is 0 Å². The van der Waals surface area contributed by atoms with Crippen LogP contribution in [0.5, 0.6) is 0 Å². The zero-order valence-electron chi connectivity index (χ0n) is 25.3. The number of amides is 4. The minimum Gasteiger partial charge on any atom is -0.329 e. The van der Waals surface area contributed by atoms with Crippen LogP contribution in [0, 0.1) is 49.8 Å². The summed E-state index contributed by atoms with van der Waals surface area (Å²) in [4.78, 5) is 84.5. The van der Waals surface area contributed by atoms with E-state index in [0.29, 0.717) is 16.9 Å². The molecule has 3 aliphatic heterocycles. The van der Waals surface area contributed by atoms with Crippen LogP contribution >= 0.6 is 0 Å². The van der Waals surface area contributed by atoms with Gasteiger partial charge >= 0.3 is 0 Å². The Labute approximate surface area is 276 Å². The van der Waals surface area contributed by atoms with E-state index in [0.717, 1.165) is 15.4 Å². The van der Waals surface area contributed by atoms with E-state index < -0.39 is 68.6 Å². The van der Waals surface area contributed by atoms with Crippen molar-refractivity contribution in [2.75, 3.05) is 14.7 Å². The van der Waals surface area contributed by atoms with Gasteiger partial charge in [0.2, 0.25) is 23.6 Å². The number of anilines is 4. The second kappa shape index (κ2) is 9.76. The number of carbonyl (C=O) groups excluding carboxylic acids is 4. The van der Waals surface area contributed by atoms with E-state index in [1.807, 2.05) is 65.6 Å². The molecular formula is C36H23N5O8. The molecule has 0 radical (unpaired) electrons. The van der Waals surface area contributed by atoms with Crippen LogP contribution in [0.1, 0.15) is 5.56 Å². The molecule has 6 atom stereocenters. The van der Waals surface area contributed by atoms with Crippen LogP contribution in [0.2, 0.25) is 0 Å². The molecule has 4 aromatic rings. The van der Waals surface area contributed by atoms with E-state index in [-0.39, 0.29) is 22.7 Å². The summed E-state index contributed by atoms with van der Waals surface area (Å²) in [5.74, 6) is -7.36. The van der Waals surface area contributed by atoms with E-state index in [1.165, 1.54) is 48.5 Å². The van der Waals surface area contributed by atoms with Crippen LogP contribution in [0.25, 0.3) is 5.57 Å². The van der Waals surface area contributed by atoms with Crippen molar-refractivity contribution in [1.29, 1.82) is 0 Å². The maximum atomic E-state index is 14.9. The second-order valence-corrected chi connectivity index (χ2v) is 12.7. The van der Waals surface area contributed by atoms with Crippen molar-refractivity contribution in [2.24, 2.45) is 29.6 Å². The monoisotopic (exact) mass is 653 g/mol. The highest BCUT2D eigenvalue weighted by atomic mass is 16.6. The molecule has 240 valence electrons. The number of allylic oxidation sites excluding steroid dienone is 1. The molecule has 3 heterocycles. The third-order valence-corrected chi connectivity index (χ3v) is 10.7. The lowest BCUT2D eigenvalue weighted by Crippen LogP contribution is -2.68. The van der Waals surface area contributed by atoms with E-state index in [9.17, 15) is 39.4 Å². The van der Waals surface area contributed by atoms with Gasteiger partial charge in [-0.05, 0) is 48.0 Å². The first-order chi connectivity index (χ1) is 23.7. The molecule has 2 bridgehead atoms. The molecule has 4 aromatic carbocycles. The number of nitro benzene ring substituents is 2. The van der Waals surface area contributed by atoms with E-state index in [4.69, 9.17) is 0 Å². The number of non-ortho nitro benzene ring substituents is 2. The Morgan fingerprint density at radius 1 is 0.551 bits per heavy atom. The number of hydrogen-bond acceptors (Lipinski definition) is 9. The molecular weight excluding hydrogens is 630 g/mol. The summed E-state index contributed by atoms with van der Waals surface area (Å²) in [6.07, 6.45) is 1.89. The lowest BCUT2D eigenvalue weighted by atomic mass is 9.47. The summed E-state index contributed by atoms with van der Waals surface area (Å²) in [6, 6.07) is 27.0. The highest BCUT2D eigenvalue weighted by molar-refractivity contribution is 6.29. The van der Waals surface area contributed by atoms with Crippen molar-refractivity contribution in [2.45, 2.75) is 5.54 Å². The Kier molecular flexibility index (Phi) is 5.72. The largest absolute Gasteiger partial charge is 0.329 e. The number of benzene rings is 4. The molecule has 13 heteroatoms. The summed E-state index contributed by atoms with van der Waals surface area (Å²) in [5.41, 5.74) is 1.20. The van der Waals surface area contributed by atoms with Gasteiger partial charge < -0.3 is 4.90 Å². The fourth-order valence-corrected chi connectivity index (χ4v) is 9.05. The van der Waals surface area contributed by atoms with Crippen molar-refractivity contribution in [1.82, 2.24) is 0 Å². The van der Waals surface area contributed by atoms with Gasteiger partial charge in [0, 0.05) is 47.1 Å². The number of nitrogens with zero attached hydrogens (tertiary/aromatic N) is 5. The van der Waals surface area contributed by atoms with E-state index in [1.54, 1.807) is 0 Å². The number of nitro groups is 2. The van der Waals surface area contributed by atoms with Gasteiger partial charge in [-0.25, -0.2) is 9.80 Å². The van der Waals surface area contributed by atoms with Crippen LogP contribution < -0.4 is 14.7 Å². The Balaban J connectivity index is 1.28. The first-order valence-corrected chi connectivity index (χ1v) is 15.6. The van der Waals surface area contributed by atoms with Crippen molar-refractivity contribution >= 4 is 63.3 Å². The Morgan fingerprint density at radius 3 is 1.51 bits per heavy atom. The zero-order valence-corrected chi connectivity index (χ0v) is 25.3. The predicted molar refractivity (Wildman–Crippen MR) is 174 cm³/mol. The average Bonchev–Trinajstić information content (AvgIpc) is 3.68. The van der Waals surface area contributed by atoms with Gasteiger partial charge in [-0.2, -0.15) is 0 Å². The Bertz CT molecular complexity index is 2120. The van der Waals surface area contributed by atoms with Gasteiger partial charge in [-0.3, -0.25) is 39.4 Å². The number of imide groups is 2. The Hall–Kier alpha value is -6.50. The second-order valence-electron chi connectivity index (χ2n) is 12.7. The minimum absolute atomic E-state index is 0.157. The van der Waals surface area contributed by atoms with Crippen LogP contribution in [0.4, 0.5) is 34.1 Å². The van der Waals surface area contributed by atoms with Gasteiger partial charge in [-0.15, -0.1) is 0 Å². The lowest BCUT2D eigenvalue weighted by Gasteiger charge is -2.57. The molecule has 0 aromatic heterocycles. The minimum atomic E-state index is -1.51. The fraction of sp³-hybridized carbons (Fsp3) is 0.167. The number of carbonyl (C=O) groups is 4. The Morgan fingerprint density at radius 2 is 1.02 bits per heavy atom. The van der Waals surface area contributed by atoms with Gasteiger partial charge in [0.1, 0.15) is 0 Å². The number of para-hydroxylation sites is 2. The molecule has 4 amide bonds. The van der Waals surface area contributed by atoms with E-state index >= 15 is 0 Å². The van der Waals surface area contributed by atoms with Crippen molar-refractivity contribution in [3.05, 3.63) is 135 Å². The highest BCUT2D eigenvalue weighted by Gasteiger charge is 2.80. The standard InChI is InChI=1S/C36H23N5O8/c42-32-28-25-18-26-24-8-4-5-9-27(24)39(21-6-2-1-3-7-21)36(26,30(28)34(44)37(32)19-10-14-22(15-11-19)40(46)47)31-29(25)33(43)38(35(31)45)20-12-16-23(17-13-20)41(48)49/h1-18,25,28-31H/t25?,28-,29+,30-,31-,36?/m1/s1. The van der Waals surface area contributed by atoms with Crippen LogP contribution in [-0.2, 0) is 19.2 Å². The molecule has 0 N–H and O–H groups in total.